The number of aliphatic hydroxyl groups is 1. The van der Waals surface area contributed by atoms with Crippen LogP contribution in [0, 0.1) is 15.9 Å². The van der Waals surface area contributed by atoms with E-state index in [1.54, 1.807) is 18.2 Å². The van der Waals surface area contributed by atoms with E-state index >= 15 is 0 Å². The van der Waals surface area contributed by atoms with Crippen LogP contribution in [0.15, 0.2) is 42.7 Å². The fraction of sp³-hybridized carbons (Fsp3) is 0.286. The van der Waals surface area contributed by atoms with Crippen molar-refractivity contribution in [3.05, 3.63) is 58.7 Å². The Hall–Kier alpha value is -4.26. The highest BCUT2D eigenvalue weighted by Gasteiger charge is 2.32. The number of pyridine rings is 1. The number of aromatic nitrogens is 3. The summed E-state index contributed by atoms with van der Waals surface area (Å²) in [4.78, 5) is 31.4. The molecule has 1 saturated heterocycles. The highest BCUT2D eigenvalue weighted by molar-refractivity contribution is 5.90. The first-order valence-corrected chi connectivity index (χ1v) is 10.3. The predicted octanol–water partition coefficient (Wildman–Crippen LogP) is 2.15. The molecule has 1 fully saturated rings. The molecule has 0 aliphatic carbocycles. The van der Waals surface area contributed by atoms with Crippen LogP contribution < -0.4 is 14.4 Å². The van der Waals surface area contributed by atoms with E-state index in [1.807, 2.05) is 0 Å². The molecule has 2 aliphatic rings. The van der Waals surface area contributed by atoms with Crippen LogP contribution in [0.4, 0.5) is 20.7 Å². The van der Waals surface area contributed by atoms with Crippen molar-refractivity contribution >= 4 is 17.6 Å². The van der Waals surface area contributed by atoms with Gasteiger partial charge < -0.3 is 29.4 Å². The summed E-state index contributed by atoms with van der Waals surface area (Å²) in [7, 11) is 0. The van der Waals surface area contributed by atoms with Crippen LogP contribution in [-0.2, 0) is 11.3 Å². The van der Waals surface area contributed by atoms with Crippen LogP contribution in [0.5, 0.6) is 11.9 Å². The Bertz CT molecular complexity index is 1250. The van der Waals surface area contributed by atoms with Crippen molar-refractivity contribution in [3.63, 3.8) is 0 Å². The molecule has 0 spiro atoms. The van der Waals surface area contributed by atoms with Crippen LogP contribution in [0.25, 0.3) is 11.1 Å². The number of imidazole rings is 1. The average Bonchev–Trinajstić information content (AvgIpc) is 3.43. The van der Waals surface area contributed by atoms with E-state index in [9.17, 15) is 19.3 Å². The normalized spacial score (nSPS) is 19.4. The Kier molecular flexibility index (Phi) is 5.45. The number of carbonyl (C=O) groups excluding carboxylic acids is 1. The number of nitrogens with zero attached hydrogens (tertiary/aromatic N) is 5. The van der Waals surface area contributed by atoms with E-state index in [-0.39, 0.29) is 43.0 Å². The molecule has 3 aromatic rings. The lowest BCUT2D eigenvalue weighted by atomic mass is 10.1. The van der Waals surface area contributed by atoms with Gasteiger partial charge >= 0.3 is 17.9 Å². The Labute approximate surface area is 191 Å². The third-order valence-electron chi connectivity index (χ3n) is 5.39. The van der Waals surface area contributed by atoms with Gasteiger partial charge in [0, 0.05) is 28.4 Å². The van der Waals surface area contributed by atoms with E-state index in [0.717, 1.165) is 0 Å². The topological polar surface area (TPSA) is 142 Å². The second kappa shape index (κ2) is 8.59. The number of hydrogen-bond donors (Lipinski definition) is 1. The van der Waals surface area contributed by atoms with Gasteiger partial charge in [0.25, 0.3) is 0 Å². The number of hydrogen-bond acceptors (Lipinski definition) is 9. The smallest absolute Gasteiger partial charge is 0.414 e. The molecule has 2 atom stereocenters. The Morgan fingerprint density at radius 1 is 1.29 bits per heavy atom. The Balaban J connectivity index is 1.26. The van der Waals surface area contributed by atoms with Crippen LogP contribution in [0.3, 0.4) is 0 Å². The number of carbonyl (C=O) groups is 1. The van der Waals surface area contributed by atoms with E-state index in [2.05, 4.69) is 9.97 Å². The molecule has 2 aromatic heterocycles. The quantitative estimate of drug-likeness (QED) is 0.423. The van der Waals surface area contributed by atoms with Gasteiger partial charge in [-0.05, 0) is 29.2 Å². The molecule has 4 heterocycles. The molecule has 2 aliphatic heterocycles. The minimum absolute atomic E-state index is 0.139. The fourth-order valence-electron chi connectivity index (χ4n) is 3.74. The summed E-state index contributed by atoms with van der Waals surface area (Å²) >= 11 is 0. The van der Waals surface area contributed by atoms with Crippen molar-refractivity contribution in [2.75, 3.05) is 24.7 Å². The Morgan fingerprint density at radius 2 is 2.15 bits per heavy atom. The maximum Gasteiger partial charge on any atom is 0.414 e. The third-order valence-corrected chi connectivity index (χ3v) is 5.39. The molecule has 0 bridgehead atoms. The number of anilines is 1. The summed E-state index contributed by atoms with van der Waals surface area (Å²) in [5, 5.41) is 20.0. The van der Waals surface area contributed by atoms with Crippen molar-refractivity contribution in [3.8, 4) is 23.0 Å². The first kappa shape index (κ1) is 21.6. The maximum absolute atomic E-state index is 14.8. The molecule has 0 saturated carbocycles. The molecular weight excluding hydrogens is 453 g/mol. The van der Waals surface area contributed by atoms with Crippen LogP contribution in [0.1, 0.15) is 0 Å². The van der Waals surface area contributed by atoms with Crippen LogP contribution in [-0.4, -0.2) is 62.6 Å². The standard InChI is InChI=1S/C21H18FN5O7/c22-17-5-13(26-8-14(10-28)34-21(26)29)2-3-16(17)12-1-4-19(23-6-12)33-15-7-25-9-18(27(30)31)24-20(25)32-11-15/h1-6,9,14-15,28H,7-8,10-11H2/t14-,15+/m1/s1. The lowest BCUT2D eigenvalue weighted by Gasteiger charge is -2.22. The summed E-state index contributed by atoms with van der Waals surface area (Å²) in [6.07, 6.45) is 1.00. The maximum atomic E-state index is 14.8. The number of ether oxygens (including phenoxy) is 3. The molecule has 34 heavy (non-hydrogen) atoms. The van der Waals surface area contributed by atoms with Gasteiger partial charge in [-0.2, -0.15) is 0 Å². The number of cyclic esters (lactones) is 1. The van der Waals surface area contributed by atoms with Gasteiger partial charge in [0.05, 0.1) is 25.4 Å². The number of aliphatic hydroxyl groups excluding tert-OH is 1. The molecule has 0 radical (unpaired) electrons. The zero-order valence-electron chi connectivity index (χ0n) is 17.5. The van der Waals surface area contributed by atoms with Gasteiger partial charge in [-0.15, -0.1) is 0 Å². The van der Waals surface area contributed by atoms with E-state index in [1.165, 1.54) is 34.0 Å². The minimum Gasteiger partial charge on any atom is -0.469 e. The lowest BCUT2D eigenvalue weighted by Crippen LogP contribution is -2.34. The number of fused-ring (bicyclic) bond motifs is 1. The second-order valence-electron chi connectivity index (χ2n) is 7.69. The van der Waals surface area contributed by atoms with Crippen molar-refractivity contribution in [1.29, 1.82) is 0 Å². The largest absolute Gasteiger partial charge is 0.469 e. The molecule has 0 unspecified atom stereocenters. The van der Waals surface area contributed by atoms with E-state index in [4.69, 9.17) is 19.3 Å². The Morgan fingerprint density at radius 3 is 2.82 bits per heavy atom. The molecule has 5 rings (SSSR count). The first-order chi connectivity index (χ1) is 16.4. The summed E-state index contributed by atoms with van der Waals surface area (Å²) in [5.41, 5.74) is 1.11. The highest BCUT2D eigenvalue weighted by Crippen LogP contribution is 2.30. The number of benzene rings is 1. The average molecular weight is 471 g/mol. The van der Waals surface area contributed by atoms with Crippen molar-refractivity contribution in [1.82, 2.24) is 14.5 Å². The molecule has 1 N–H and O–H groups in total. The summed E-state index contributed by atoms with van der Waals surface area (Å²) in [5.74, 6) is -0.577. The van der Waals surface area contributed by atoms with Gasteiger partial charge in [0.2, 0.25) is 5.88 Å². The van der Waals surface area contributed by atoms with Crippen molar-refractivity contribution < 1.29 is 33.4 Å². The molecule has 12 nitrogen and oxygen atoms in total. The summed E-state index contributed by atoms with van der Waals surface area (Å²) < 4.78 is 32.5. The molecule has 13 heteroatoms. The first-order valence-electron chi connectivity index (χ1n) is 10.3. The number of rotatable bonds is 6. The van der Waals surface area contributed by atoms with Crippen molar-refractivity contribution in [2.24, 2.45) is 0 Å². The predicted molar refractivity (Wildman–Crippen MR) is 113 cm³/mol. The molecule has 176 valence electrons. The third kappa shape index (κ3) is 4.08. The van der Waals surface area contributed by atoms with Crippen LogP contribution >= 0.6 is 0 Å². The van der Waals surface area contributed by atoms with Crippen LogP contribution in [0.2, 0.25) is 0 Å². The summed E-state index contributed by atoms with van der Waals surface area (Å²) in [6.45, 7) is 0.273. The van der Waals surface area contributed by atoms with Gasteiger partial charge in [0.1, 0.15) is 24.7 Å². The zero-order valence-corrected chi connectivity index (χ0v) is 17.5. The number of nitro groups is 1. The van der Waals surface area contributed by atoms with E-state index in [0.29, 0.717) is 17.8 Å². The van der Waals surface area contributed by atoms with Gasteiger partial charge in [-0.25, -0.2) is 14.2 Å². The number of halogens is 1. The fourth-order valence-corrected chi connectivity index (χ4v) is 3.74. The van der Waals surface area contributed by atoms with Gasteiger partial charge in [-0.1, -0.05) is 0 Å². The molecular formula is C21H18FN5O7. The van der Waals surface area contributed by atoms with Gasteiger partial charge in [0.15, 0.2) is 6.10 Å². The highest BCUT2D eigenvalue weighted by atomic mass is 19.1. The zero-order chi connectivity index (χ0) is 23.8. The minimum atomic E-state index is -0.642. The lowest BCUT2D eigenvalue weighted by molar-refractivity contribution is -0.389. The van der Waals surface area contributed by atoms with Crippen molar-refractivity contribution in [2.45, 2.75) is 18.8 Å². The monoisotopic (exact) mass is 471 g/mol. The molecule has 1 amide bonds. The van der Waals surface area contributed by atoms with E-state index < -0.39 is 29.0 Å². The van der Waals surface area contributed by atoms with Gasteiger partial charge in [-0.3, -0.25) is 9.47 Å². The second-order valence-corrected chi connectivity index (χ2v) is 7.69. The molecule has 1 aromatic carbocycles. The number of amides is 1. The SMILES string of the molecule is O=C1O[C@@H](CO)CN1c1ccc(-c2ccc(O[C@@H]3COc4nc([N+](=O)[O-])cn4C3)nc2)c(F)c1. The summed E-state index contributed by atoms with van der Waals surface area (Å²) in [6, 6.07) is 7.72.